The van der Waals surface area contributed by atoms with Gasteiger partial charge in [-0.05, 0) is 42.3 Å². The molecule has 1 atom stereocenters. The van der Waals surface area contributed by atoms with Crippen LogP contribution in [0.15, 0.2) is 73.2 Å². The molecular weight excluding hydrogens is 374 g/mol. The van der Waals surface area contributed by atoms with Gasteiger partial charge in [-0.1, -0.05) is 36.4 Å². The average molecular weight is 395 g/mol. The summed E-state index contributed by atoms with van der Waals surface area (Å²) in [4.78, 5) is 16.6. The van der Waals surface area contributed by atoms with E-state index in [1.165, 1.54) is 6.33 Å². The van der Waals surface area contributed by atoms with Crippen LogP contribution >= 0.6 is 0 Å². The molecule has 5 rings (SSSR count). The standard InChI is InChI=1S/C24H21N5O/c1-15-7-9-18-20(12-25-24(18)29-15)17-8-10-21-19(11-17)23(28-14-27-21)26-13-22(30)16-5-3-2-4-6-16/h2-12,14,22,30H,13H2,1H3,(H,25,29)(H,26,27,28). The summed E-state index contributed by atoms with van der Waals surface area (Å²) in [5, 5.41) is 15.7. The van der Waals surface area contributed by atoms with Crippen LogP contribution in [-0.2, 0) is 0 Å². The molecule has 0 aliphatic carbocycles. The number of nitrogens with one attached hydrogen (secondary N) is 2. The second-order valence-corrected chi connectivity index (χ2v) is 7.31. The first-order valence-corrected chi connectivity index (χ1v) is 9.86. The van der Waals surface area contributed by atoms with Gasteiger partial charge in [0.25, 0.3) is 0 Å². The van der Waals surface area contributed by atoms with Crippen molar-refractivity contribution in [2.75, 3.05) is 11.9 Å². The molecule has 30 heavy (non-hydrogen) atoms. The lowest BCUT2D eigenvalue weighted by Crippen LogP contribution is -2.13. The number of H-pyrrole nitrogens is 1. The van der Waals surface area contributed by atoms with Crippen molar-refractivity contribution in [3.63, 3.8) is 0 Å². The van der Waals surface area contributed by atoms with E-state index >= 15 is 0 Å². The van der Waals surface area contributed by atoms with Crippen molar-refractivity contribution in [2.24, 2.45) is 0 Å². The summed E-state index contributed by atoms with van der Waals surface area (Å²) in [7, 11) is 0. The van der Waals surface area contributed by atoms with E-state index in [0.29, 0.717) is 12.4 Å². The lowest BCUT2D eigenvalue weighted by atomic mass is 10.0. The number of nitrogens with zero attached hydrogens (tertiary/aromatic N) is 3. The lowest BCUT2D eigenvalue weighted by molar-refractivity contribution is 0.191. The van der Waals surface area contributed by atoms with Gasteiger partial charge in [0.2, 0.25) is 0 Å². The third-order valence-corrected chi connectivity index (χ3v) is 5.27. The maximum absolute atomic E-state index is 10.5. The second-order valence-electron chi connectivity index (χ2n) is 7.31. The number of pyridine rings is 1. The van der Waals surface area contributed by atoms with Crippen LogP contribution in [0.4, 0.5) is 5.82 Å². The van der Waals surface area contributed by atoms with E-state index in [2.05, 4.69) is 43.5 Å². The third-order valence-electron chi connectivity index (χ3n) is 5.27. The van der Waals surface area contributed by atoms with E-state index in [9.17, 15) is 5.11 Å². The number of benzene rings is 2. The number of aryl methyl sites for hydroxylation is 1. The molecule has 0 radical (unpaired) electrons. The minimum Gasteiger partial charge on any atom is -0.387 e. The molecule has 0 bridgehead atoms. The Kier molecular flexibility index (Phi) is 4.61. The van der Waals surface area contributed by atoms with Crippen LogP contribution in [0.3, 0.4) is 0 Å². The molecule has 0 fully saturated rings. The molecule has 6 heteroatoms. The van der Waals surface area contributed by atoms with E-state index in [4.69, 9.17) is 0 Å². The largest absolute Gasteiger partial charge is 0.387 e. The van der Waals surface area contributed by atoms with Crippen LogP contribution in [0.1, 0.15) is 17.4 Å². The maximum atomic E-state index is 10.5. The monoisotopic (exact) mass is 395 g/mol. The number of aromatic amines is 1. The summed E-state index contributed by atoms with van der Waals surface area (Å²) in [6.07, 6.45) is 2.90. The van der Waals surface area contributed by atoms with Gasteiger partial charge in [-0.15, -0.1) is 0 Å². The Bertz CT molecular complexity index is 1330. The predicted molar refractivity (Wildman–Crippen MR) is 119 cm³/mol. The highest BCUT2D eigenvalue weighted by atomic mass is 16.3. The molecule has 0 amide bonds. The summed E-state index contributed by atoms with van der Waals surface area (Å²) in [6, 6.07) is 19.8. The molecule has 3 N–H and O–H groups in total. The normalized spacial score (nSPS) is 12.3. The lowest BCUT2D eigenvalue weighted by Gasteiger charge is -2.14. The second kappa shape index (κ2) is 7.57. The van der Waals surface area contributed by atoms with Crippen molar-refractivity contribution in [3.05, 3.63) is 84.4 Å². The van der Waals surface area contributed by atoms with Crippen LogP contribution in [0, 0.1) is 6.92 Å². The number of fused-ring (bicyclic) bond motifs is 2. The minimum atomic E-state index is -0.623. The van der Waals surface area contributed by atoms with Gasteiger partial charge in [0, 0.05) is 34.8 Å². The molecule has 0 saturated carbocycles. The first-order chi connectivity index (χ1) is 14.7. The molecule has 1 unspecified atom stereocenters. The number of hydrogen-bond acceptors (Lipinski definition) is 5. The molecular formula is C24H21N5O. The number of aromatic nitrogens is 4. The molecule has 5 aromatic rings. The van der Waals surface area contributed by atoms with Crippen molar-refractivity contribution < 1.29 is 5.11 Å². The predicted octanol–water partition coefficient (Wildman–Crippen LogP) is 4.63. The highest BCUT2D eigenvalue weighted by molar-refractivity contribution is 5.98. The van der Waals surface area contributed by atoms with Crippen molar-refractivity contribution in [2.45, 2.75) is 13.0 Å². The van der Waals surface area contributed by atoms with Crippen molar-refractivity contribution in [1.29, 1.82) is 0 Å². The van der Waals surface area contributed by atoms with E-state index in [1.54, 1.807) is 0 Å². The summed E-state index contributed by atoms with van der Waals surface area (Å²) in [6.45, 7) is 2.34. The van der Waals surface area contributed by atoms with Gasteiger partial charge in [-0.3, -0.25) is 0 Å². The quantitative estimate of drug-likeness (QED) is 0.404. The maximum Gasteiger partial charge on any atom is 0.138 e. The zero-order chi connectivity index (χ0) is 20.5. The van der Waals surface area contributed by atoms with Crippen LogP contribution in [0.25, 0.3) is 33.1 Å². The summed E-state index contributed by atoms with van der Waals surface area (Å²) < 4.78 is 0. The first-order valence-electron chi connectivity index (χ1n) is 9.86. The number of rotatable bonds is 5. The number of hydrogen-bond donors (Lipinski definition) is 3. The van der Waals surface area contributed by atoms with Crippen molar-refractivity contribution >= 4 is 27.8 Å². The molecule has 0 aliphatic rings. The highest BCUT2D eigenvalue weighted by Crippen LogP contribution is 2.31. The van der Waals surface area contributed by atoms with E-state index in [1.807, 2.05) is 55.6 Å². The van der Waals surface area contributed by atoms with Crippen LogP contribution in [0.2, 0.25) is 0 Å². The van der Waals surface area contributed by atoms with E-state index in [-0.39, 0.29) is 0 Å². The van der Waals surface area contributed by atoms with Gasteiger partial charge >= 0.3 is 0 Å². The van der Waals surface area contributed by atoms with Crippen LogP contribution in [-0.4, -0.2) is 31.6 Å². The zero-order valence-corrected chi connectivity index (χ0v) is 16.5. The summed E-state index contributed by atoms with van der Waals surface area (Å²) in [5.74, 6) is 0.700. The number of anilines is 1. The van der Waals surface area contributed by atoms with Gasteiger partial charge in [0.05, 0.1) is 11.6 Å². The summed E-state index contributed by atoms with van der Waals surface area (Å²) in [5.41, 5.74) is 5.70. The Balaban J connectivity index is 1.49. The van der Waals surface area contributed by atoms with Crippen LogP contribution in [0.5, 0.6) is 0 Å². The van der Waals surface area contributed by atoms with Crippen molar-refractivity contribution in [3.8, 4) is 11.1 Å². The van der Waals surface area contributed by atoms with E-state index < -0.39 is 6.10 Å². The van der Waals surface area contributed by atoms with Gasteiger partial charge in [-0.2, -0.15) is 0 Å². The number of aliphatic hydroxyl groups is 1. The molecule has 0 saturated heterocycles. The fourth-order valence-electron chi connectivity index (χ4n) is 3.69. The smallest absolute Gasteiger partial charge is 0.138 e. The molecule has 3 heterocycles. The van der Waals surface area contributed by atoms with Crippen molar-refractivity contribution in [1.82, 2.24) is 19.9 Å². The zero-order valence-electron chi connectivity index (χ0n) is 16.5. The van der Waals surface area contributed by atoms with Gasteiger partial charge in [-0.25, -0.2) is 15.0 Å². The Hall–Kier alpha value is -3.77. The minimum absolute atomic E-state index is 0.358. The Morgan fingerprint density at radius 3 is 2.73 bits per heavy atom. The summed E-state index contributed by atoms with van der Waals surface area (Å²) >= 11 is 0. The molecule has 0 spiro atoms. The Morgan fingerprint density at radius 2 is 1.87 bits per heavy atom. The molecule has 148 valence electrons. The van der Waals surface area contributed by atoms with E-state index in [0.717, 1.165) is 44.3 Å². The van der Waals surface area contributed by atoms with Gasteiger partial charge in [0.1, 0.15) is 17.8 Å². The highest BCUT2D eigenvalue weighted by Gasteiger charge is 2.12. The molecule has 2 aromatic carbocycles. The topological polar surface area (TPSA) is 86.7 Å². The molecule has 3 aromatic heterocycles. The fraction of sp³-hybridized carbons (Fsp3) is 0.125. The Labute approximate surface area is 173 Å². The van der Waals surface area contributed by atoms with Gasteiger partial charge in [0.15, 0.2) is 0 Å². The number of aliphatic hydroxyl groups excluding tert-OH is 1. The average Bonchev–Trinajstić information content (AvgIpc) is 3.20. The van der Waals surface area contributed by atoms with Crippen LogP contribution < -0.4 is 5.32 Å². The van der Waals surface area contributed by atoms with Gasteiger partial charge < -0.3 is 15.4 Å². The SMILES string of the molecule is Cc1ccc2c(-c3ccc4ncnc(NCC(O)c5ccccc5)c4c3)c[nH]c2n1. The fourth-order valence-corrected chi connectivity index (χ4v) is 3.69. The molecule has 6 nitrogen and oxygen atoms in total. The first kappa shape index (κ1) is 18.3. The molecule has 0 aliphatic heterocycles. The Morgan fingerprint density at radius 1 is 1.00 bits per heavy atom. The third kappa shape index (κ3) is 3.38.